The summed E-state index contributed by atoms with van der Waals surface area (Å²) in [5, 5.41) is 3.31. The van der Waals surface area contributed by atoms with Crippen LogP contribution < -0.4 is 11.1 Å². The molecule has 3 N–H and O–H groups in total. The number of carbonyl (C=O) groups is 1. The van der Waals surface area contributed by atoms with Crippen LogP contribution in [0.1, 0.15) is 32.6 Å². The molecule has 0 aromatic rings. The third-order valence-electron chi connectivity index (χ3n) is 4.21. The lowest BCUT2D eigenvalue weighted by Crippen LogP contribution is -2.54. The second kappa shape index (κ2) is 7.22. The summed E-state index contributed by atoms with van der Waals surface area (Å²) in [5.74, 6) is -0.196. The van der Waals surface area contributed by atoms with Crippen LogP contribution in [0, 0.1) is 0 Å². The van der Waals surface area contributed by atoms with Crippen molar-refractivity contribution >= 4 is 5.91 Å². The number of hydrogen-bond donors (Lipinski definition) is 2. The Balaban J connectivity index is 2.47. The molecule has 112 valence electrons. The van der Waals surface area contributed by atoms with Crippen molar-refractivity contribution in [1.82, 2.24) is 15.1 Å². The summed E-state index contributed by atoms with van der Waals surface area (Å²) in [6.45, 7) is 4.99. The van der Waals surface area contributed by atoms with Crippen LogP contribution in [-0.2, 0) is 4.79 Å². The molecule has 2 unspecified atom stereocenters. The molecular weight excluding hydrogens is 240 g/mol. The van der Waals surface area contributed by atoms with E-state index in [1.54, 1.807) is 0 Å². The molecule has 0 radical (unpaired) electrons. The van der Waals surface area contributed by atoms with E-state index in [-0.39, 0.29) is 5.91 Å². The minimum Gasteiger partial charge on any atom is -0.368 e. The number of rotatable bonds is 8. The van der Waals surface area contributed by atoms with Crippen LogP contribution in [-0.4, -0.2) is 68.1 Å². The Hall–Kier alpha value is -0.650. The number of nitrogens with zero attached hydrogens (tertiary/aromatic N) is 2. The first kappa shape index (κ1) is 16.4. The van der Waals surface area contributed by atoms with Crippen molar-refractivity contribution in [3.63, 3.8) is 0 Å². The van der Waals surface area contributed by atoms with E-state index in [4.69, 9.17) is 5.73 Å². The van der Waals surface area contributed by atoms with Crippen molar-refractivity contribution in [2.75, 3.05) is 40.8 Å². The fourth-order valence-electron chi connectivity index (χ4n) is 3.02. The van der Waals surface area contributed by atoms with Gasteiger partial charge in [-0.1, -0.05) is 6.92 Å². The average Bonchev–Trinajstić information content (AvgIpc) is 2.74. The Kier molecular flexibility index (Phi) is 6.23. The zero-order valence-corrected chi connectivity index (χ0v) is 12.9. The molecule has 1 aliphatic rings. The van der Waals surface area contributed by atoms with E-state index in [0.717, 1.165) is 45.3 Å². The summed E-state index contributed by atoms with van der Waals surface area (Å²) in [7, 11) is 6.35. The predicted molar refractivity (Wildman–Crippen MR) is 79.0 cm³/mol. The van der Waals surface area contributed by atoms with Crippen LogP contribution in [0.3, 0.4) is 0 Å². The number of hydrogen-bond acceptors (Lipinski definition) is 4. The van der Waals surface area contributed by atoms with Crippen molar-refractivity contribution in [1.29, 1.82) is 0 Å². The molecule has 0 aromatic heterocycles. The van der Waals surface area contributed by atoms with Crippen LogP contribution in [0.4, 0.5) is 0 Å². The molecule has 5 heteroatoms. The van der Waals surface area contributed by atoms with Gasteiger partial charge in [0.2, 0.25) is 5.91 Å². The lowest BCUT2D eigenvalue weighted by Gasteiger charge is -2.29. The Morgan fingerprint density at radius 1 is 1.37 bits per heavy atom. The molecule has 0 aromatic carbocycles. The fraction of sp³-hybridized carbons (Fsp3) is 0.929. The van der Waals surface area contributed by atoms with Crippen molar-refractivity contribution in [3.05, 3.63) is 0 Å². The van der Waals surface area contributed by atoms with Gasteiger partial charge < -0.3 is 20.9 Å². The maximum Gasteiger partial charge on any atom is 0.237 e. The molecule has 0 aliphatic heterocycles. The molecule has 0 bridgehead atoms. The Bertz CT molecular complexity index is 295. The van der Waals surface area contributed by atoms with Crippen molar-refractivity contribution in [2.45, 2.75) is 44.2 Å². The summed E-state index contributed by atoms with van der Waals surface area (Å²) in [6, 6.07) is 0.466. The van der Waals surface area contributed by atoms with Crippen LogP contribution >= 0.6 is 0 Å². The second-order valence-electron chi connectivity index (χ2n) is 6.01. The molecule has 2 atom stereocenters. The topological polar surface area (TPSA) is 61.6 Å². The van der Waals surface area contributed by atoms with E-state index in [2.05, 4.69) is 36.3 Å². The van der Waals surface area contributed by atoms with Crippen molar-refractivity contribution in [3.8, 4) is 0 Å². The molecule has 1 aliphatic carbocycles. The highest BCUT2D eigenvalue weighted by Gasteiger charge is 2.44. The molecule has 1 rings (SSSR count). The quantitative estimate of drug-likeness (QED) is 0.664. The smallest absolute Gasteiger partial charge is 0.237 e. The summed E-state index contributed by atoms with van der Waals surface area (Å²) >= 11 is 0. The van der Waals surface area contributed by atoms with Gasteiger partial charge in [0.1, 0.15) is 0 Å². The number of carbonyl (C=O) groups excluding carboxylic acids is 1. The van der Waals surface area contributed by atoms with E-state index < -0.39 is 5.54 Å². The highest BCUT2D eigenvalue weighted by molar-refractivity contribution is 5.85. The van der Waals surface area contributed by atoms with Gasteiger partial charge in [-0.15, -0.1) is 0 Å². The first-order chi connectivity index (χ1) is 8.91. The molecule has 1 fully saturated rings. The largest absolute Gasteiger partial charge is 0.368 e. The molecule has 1 saturated carbocycles. The average molecular weight is 270 g/mol. The van der Waals surface area contributed by atoms with Gasteiger partial charge in [-0.2, -0.15) is 0 Å². The number of nitrogens with one attached hydrogen (secondary N) is 1. The van der Waals surface area contributed by atoms with E-state index in [1.165, 1.54) is 0 Å². The number of likely N-dealkylation sites (N-methyl/N-ethyl adjacent to an activating group) is 1. The van der Waals surface area contributed by atoms with Gasteiger partial charge in [-0.05, 0) is 66.5 Å². The SMILES string of the molecule is CCNC1(C(N)=O)CCC(N(C)CCCN(C)C)C1. The summed E-state index contributed by atoms with van der Waals surface area (Å²) in [6.07, 6.45) is 3.91. The lowest BCUT2D eigenvalue weighted by atomic mass is 9.96. The maximum atomic E-state index is 11.7. The third kappa shape index (κ3) is 4.44. The van der Waals surface area contributed by atoms with Gasteiger partial charge in [-0.3, -0.25) is 4.79 Å². The summed E-state index contributed by atoms with van der Waals surface area (Å²) < 4.78 is 0. The van der Waals surface area contributed by atoms with Gasteiger partial charge in [0.05, 0.1) is 5.54 Å². The van der Waals surface area contributed by atoms with E-state index in [9.17, 15) is 4.79 Å². The summed E-state index contributed by atoms with van der Waals surface area (Å²) in [5.41, 5.74) is 5.12. The van der Waals surface area contributed by atoms with E-state index in [1.807, 2.05) is 6.92 Å². The molecule has 1 amide bonds. The minimum atomic E-state index is -0.477. The zero-order valence-electron chi connectivity index (χ0n) is 12.9. The zero-order chi connectivity index (χ0) is 14.5. The van der Waals surface area contributed by atoms with E-state index >= 15 is 0 Å². The second-order valence-corrected chi connectivity index (χ2v) is 6.01. The Morgan fingerprint density at radius 3 is 2.58 bits per heavy atom. The van der Waals surface area contributed by atoms with Gasteiger partial charge in [-0.25, -0.2) is 0 Å². The lowest BCUT2D eigenvalue weighted by molar-refractivity contribution is -0.124. The predicted octanol–water partition coefficient (Wildman–Crippen LogP) is 0.256. The fourth-order valence-corrected chi connectivity index (χ4v) is 3.02. The molecule has 0 spiro atoms. The highest BCUT2D eigenvalue weighted by atomic mass is 16.1. The molecule has 19 heavy (non-hydrogen) atoms. The normalized spacial score (nSPS) is 27.4. The molecule has 5 nitrogen and oxygen atoms in total. The summed E-state index contributed by atoms with van der Waals surface area (Å²) in [4.78, 5) is 16.3. The molecular formula is C14H30N4O. The first-order valence-electron chi connectivity index (χ1n) is 7.31. The Morgan fingerprint density at radius 2 is 2.05 bits per heavy atom. The maximum absolute atomic E-state index is 11.7. The molecule has 0 heterocycles. The highest BCUT2D eigenvalue weighted by Crippen LogP contribution is 2.32. The van der Waals surface area contributed by atoms with Gasteiger partial charge >= 0.3 is 0 Å². The van der Waals surface area contributed by atoms with Gasteiger partial charge in [0.15, 0.2) is 0 Å². The van der Waals surface area contributed by atoms with Crippen LogP contribution in [0.15, 0.2) is 0 Å². The van der Waals surface area contributed by atoms with Gasteiger partial charge in [0, 0.05) is 6.04 Å². The third-order valence-corrected chi connectivity index (χ3v) is 4.21. The minimum absolute atomic E-state index is 0.196. The number of primary amides is 1. The van der Waals surface area contributed by atoms with Crippen LogP contribution in [0.2, 0.25) is 0 Å². The Labute approximate surface area is 117 Å². The number of nitrogens with two attached hydrogens (primary N) is 1. The standard InChI is InChI=1S/C14H30N4O/c1-5-16-14(13(15)19)8-7-12(11-14)18(4)10-6-9-17(2)3/h12,16H,5-11H2,1-4H3,(H2,15,19). The number of amides is 1. The van der Waals surface area contributed by atoms with Crippen molar-refractivity contribution < 1.29 is 4.79 Å². The first-order valence-corrected chi connectivity index (χ1v) is 7.31. The van der Waals surface area contributed by atoms with E-state index in [0.29, 0.717) is 6.04 Å². The molecule has 0 saturated heterocycles. The van der Waals surface area contributed by atoms with Crippen LogP contribution in [0.5, 0.6) is 0 Å². The van der Waals surface area contributed by atoms with Gasteiger partial charge in [0.25, 0.3) is 0 Å². The van der Waals surface area contributed by atoms with Crippen LogP contribution in [0.25, 0.3) is 0 Å². The monoisotopic (exact) mass is 270 g/mol. The van der Waals surface area contributed by atoms with Crippen molar-refractivity contribution in [2.24, 2.45) is 5.73 Å².